The highest BCUT2D eigenvalue weighted by Gasteiger charge is 2.23. The lowest BCUT2D eigenvalue weighted by Gasteiger charge is -2.23. The summed E-state index contributed by atoms with van der Waals surface area (Å²) in [5.41, 5.74) is 3.63. The van der Waals surface area contributed by atoms with Crippen LogP contribution in [0.2, 0.25) is 0 Å². The van der Waals surface area contributed by atoms with Crippen LogP contribution in [-0.2, 0) is 19.6 Å². The molecule has 3 rings (SSSR count). The lowest BCUT2D eigenvalue weighted by Crippen LogP contribution is -2.39. The fourth-order valence-corrected chi connectivity index (χ4v) is 4.06. The topological polar surface area (TPSA) is 126 Å². The van der Waals surface area contributed by atoms with Gasteiger partial charge in [0, 0.05) is 5.69 Å². The first-order valence-corrected chi connectivity index (χ1v) is 13.3. The van der Waals surface area contributed by atoms with Gasteiger partial charge in [-0.3, -0.25) is 13.9 Å². The first-order valence-electron chi connectivity index (χ1n) is 11.5. The van der Waals surface area contributed by atoms with Gasteiger partial charge in [-0.1, -0.05) is 12.1 Å². The van der Waals surface area contributed by atoms with E-state index in [4.69, 9.17) is 9.47 Å². The van der Waals surface area contributed by atoms with Gasteiger partial charge in [-0.05, 0) is 73.2 Å². The summed E-state index contributed by atoms with van der Waals surface area (Å²) in [6.07, 6.45) is 2.38. The van der Waals surface area contributed by atoms with E-state index in [1.54, 1.807) is 55.5 Å². The maximum atomic E-state index is 12.9. The molecule has 0 heterocycles. The number of amides is 2. The quantitative estimate of drug-likeness (QED) is 0.268. The number of carbonyl (C=O) groups is 2. The zero-order chi connectivity index (χ0) is 27.5. The van der Waals surface area contributed by atoms with Crippen LogP contribution < -0.4 is 24.5 Å². The van der Waals surface area contributed by atoms with Crippen LogP contribution >= 0.6 is 0 Å². The molecule has 3 aromatic rings. The number of hydrogen-bond donors (Lipinski definition) is 2. The third-order valence-electron chi connectivity index (χ3n) is 4.90. The van der Waals surface area contributed by atoms with E-state index in [9.17, 15) is 22.4 Å². The number of anilines is 2. The monoisotopic (exact) mass is 542 g/mol. The van der Waals surface area contributed by atoms with Crippen molar-refractivity contribution in [1.29, 1.82) is 0 Å². The van der Waals surface area contributed by atoms with Crippen molar-refractivity contribution in [3.05, 3.63) is 84.2 Å². The van der Waals surface area contributed by atoms with Gasteiger partial charge >= 0.3 is 0 Å². The molecule has 12 heteroatoms. The highest BCUT2D eigenvalue weighted by molar-refractivity contribution is 7.92. The van der Waals surface area contributed by atoms with E-state index in [1.807, 2.05) is 0 Å². The molecule has 0 aliphatic heterocycles. The fourth-order valence-electron chi connectivity index (χ4n) is 3.20. The number of nitrogens with zero attached hydrogens (tertiary/aromatic N) is 2. The molecule has 0 saturated carbocycles. The molecule has 0 bridgehead atoms. The summed E-state index contributed by atoms with van der Waals surface area (Å²) in [6, 6.07) is 18.4. The average Bonchev–Trinajstić information content (AvgIpc) is 2.88. The second-order valence-electron chi connectivity index (χ2n) is 7.88. The van der Waals surface area contributed by atoms with E-state index in [-0.39, 0.29) is 12.3 Å². The Morgan fingerprint density at radius 1 is 0.974 bits per heavy atom. The Kier molecular flexibility index (Phi) is 9.77. The molecular formula is C26H27FN4O6S. The molecule has 0 saturated heterocycles. The normalized spacial score (nSPS) is 11.1. The fraction of sp³-hybridized carbons (Fsp3) is 0.192. The molecule has 0 radical (unpaired) electrons. The van der Waals surface area contributed by atoms with E-state index >= 15 is 0 Å². The van der Waals surface area contributed by atoms with Crippen LogP contribution in [0.4, 0.5) is 15.8 Å². The molecule has 0 aromatic heterocycles. The van der Waals surface area contributed by atoms with Gasteiger partial charge < -0.3 is 14.8 Å². The molecule has 0 unspecified atom stereocenters. The summed E-state index contributed by atoms with van der Waals surface area (Å²) in [6.45, 7) is 1.36. The van der Waals surface area contributed by atoms with Crippen molar-refractivity contribution in [3.63, 3.8) is 0 Å². The molecular weight excluding hydrogens is 515 g/mol. The van der Waals surface area contributed by atoms with Crippen LogP contribution in [0.5, 0.6) is 11.5 Å². The van der Waals surface area contributed by atoms with Crippen molar-refractivity contribution in [2.75, 3.05) is 35.6 Å². The summed E-state index contributed by atoms with van der Waals surface area (Å²) < 4.78 is 49.5. The van der Waals surface area contributed by atoms with Crippen molar-refractivity contribution in [2.45, 2.75) is 6.92 Å². The molecule has 3 aromatic carbocycles. The van der Waals surface area contributed by atoms with Gasteiger partial charge in [0.05, 0.1) is 24.8 Å². The van der Waals surface area contributed by atoms with Gasteiger partial charge in [0.1, 0.15) is 23.9 Å². The van der Waals surface area contributed by atoms with Crippen LogP contribution in [0.15, 0.2) is 77.9 Å². The minimum absolute atomic E-state index is 0.246. The molecule has 0 aliphatic carbocycles. The van der Waals surface area contributed by atoms with E-state index in [1.165, 1.54) is 30.5 Å². The molecule has 2 amide bonds. The van der Waals surface area contributed by atoms with Crippen molar-refractivity contribution < 1.29 is 31.9 Å². The van der Waals surface area contributed by atoms with Crippen LogP contribution in [-0.4, -0.2) is 52.5 Å². The highest BCUT2D eigenvalue weighted by Crippen LogP contribution is 2.29. The van der Waals surface area contributed by atoms with Gasteiger partial charge in [-0.25, -0.2) is 18.2 Å². The smallest absolute Gasteiger partial charge is 0.262 e. The first-order chi connectivity index (χ1) is 18.2. The third kappa shape index (κ3) is 8.59. The summed E-state index contributed by atoms with van der Waals surface area (Å²) >= 11 is 0. The maximum absolute atomic E-state index is 12.9. The third-order valence-corrected chi connectivity index (χ3v) is 6.03. The summed E-state index contributed by atoms with van der Waals surface area (Å²) in [4.78, 5) is 24.4. The van der Waals surface area contributed by atoms with Crippen molar-refractivity contribution in [3.8, 4) is 11.5 Å². The van der Waals surface area contributed by atoms with Crippen molar-refractivity contribution in [2.24, 2.45) is 5.10 Å². The molecule has 0 atom stereocenters. The van der Waals surface area contributed by atoms with Gasteiger partial charge in [-0.15, -0.1) is 0 Å². The first kappa shape index (κ1) is 28.1. The predicted octanol–water partition coefficient (Wildman–Crippen LogP) is 3.16. The molecule has 200 valence electrons. The number of nitrogens with one attached hydrogen (secondary N) is 2. The lowest BCUT2D eigenvalue weighted by atomic mass is 10.2. The number of benzene rings is 3. The Balaban J connectivity index is 1.52. The van der Waals surface area contributed by atoms with Crippen molar-refractivity contribution >= 4 is 39.4 Å². The van der Waals surface area contributed by atoms with Gasteiger partial charge in [0.25, 0.3) is 11.8 Å². The molecule has 0 spiro atoms. The Morgan fingerprint density at radius 2 is 1.66 bits per heavy atom. The number of hydrogen-bond acceptors (Lipinski definition) is 7. The van der Waals surface area contributed by atoms with Gasteiger partial charge in [0.15, 0.2) is 6.61 Å². The Hall–Kier alpha value is -4.45. The molecule has 0 fully saturated rings. The minimum Gasteiger partial charge on any atom is -0.492 e. The van der Waals surface area contributed by atoms with Crippen molar-refractivity contribution in [1.82, 2.24) is 5.43 Å². The SMILES string of the molecule is CCOc1ccccc1N(CC(=O)N/N=C\c1ccc(OCC(=O)Nc2ccc(F)cc2)cc1)S(C)(=O)=O. The second kappa shape index (κ2) is 13.2. The summed E-state index contributed by atoms with van der Waals surface area (Å²) in [5.74, 6) is -0.687. The molecule has 10 nitrogen and oxygen atoms in total. The lowest BCUT2D eigenvalue weighted by molar-refractivity contribution is -0.119. The Labute approximate surface area is 220 Å². The number of sulfonamides is 1. The van der Waals surface area contributed by atoms with Gasteiger partial charge in [-0.2, -0.15) is 5.10 Å². The number of carbonyl (C=O) groups excluding carboxylic acids is 2. The van der Waals surface area contributed by atoms with Gasteiger partial charge in [0.2, 0.25) is 10.0 Å². The standard InChI is InChI=1S/C26H27FN4O6S/c1-3-36-24-7-5-4-6-23(24)31(38(2,34)35)17-25(32)30-28-16-19-8-14-22(15-9-19)37-18-26(33)29-21-12-10-20(27)11-13-21/h4-16H,3,17-18H2,1-2H3,(H,29,33)(H,30,32)/b28-16-. The number of halogens is 1. The summed E-state index contributed by atoms with van der Waals surface area (Å²) in [5, 5.41) is 6.47. The Bertz CT molecular complexity index is 1380. The Morgan fingerprint density at radius 3 is 2.32 bits per heavy atom. The van der Waals surface area contributed by atoms with E-state index in [0.717, 1.165) is 10.6 Å². The average molecular weight is 543 g/mol. The predicted molar refractivity (Wildman–Crippen MR) is 143 cm³/mol. The molecule has 2 N–H and O–H groups in total. The second-order valence-corrected chi connectivity index (χ2v) is 9.78. The zero-order valence-electron chi connectivity index (χ0n) is 20.8. The number of rotatable bonds is 12. The number of hydrazone groups is 1. The highest BCUT2D eigenvalue weighted by atomic mass is 32.2. The summed E-state index contributed by atoms with van der Waals surface area (Å²) in [7, 11) is -3.78. The molecule has 38 heavy (non-hydrogen) atoms. The zero-order valence-corrected chi connectivity index (χ0v) is 21.6. The molecule has 0 aliphatic rings. The minimum atomic E-state index is -3.78. The number of para-hydroxylation sites is 2. The van der Waals surface area contributed by atoms with Crippen LogP contribution in [0.3, 0.4) is 0 Å². The largest absolute Gasteiger partial charge is 0.492 e. The van der Waals surface area contributed by atoms with Crippen LogP contribution in [0, 0.1) is 5.82 Å². The maximum Gasteiger partial charge on any atom is 0.262 e. The number of ether oxygens (including phenoxy) is 2. The van der Waals surface area contributed by atoms with E-state index in [2.05, 4.69) is 15.8 Å². The van der Waals surface area contributed by atoms with Crippen LogP contribution in [0.25, 0.3) is 0 Å². The van der Waals surface area contributed by atoms with E-state index < -0.39 is 34.2 Å². The van der Waals surface area contributed by atoms with E-state index in [0.29, 0.717) is 29.4 Å². The van der Waals surface area contributed by atoms with Crippen LogP contribution in [0.1, 0.15) is 12.5 Å².